The van der Waals surface area contributed by atoms with Gasteiger partial charge in [0, 0.05) is 12.1 Å². The maximum absolute atomic E-state index is 10.1. The van der Waals surface area contributed by atoms with Gasteiger partial charge in [-0.1, -0.05) is 31.5 Å². The van der Waals surface area contributed by atoms with E-state index in [1.807, 2.05) is 12.1 Å². The number of para-hydroxylation sites is 1. The first-order valence-corrected chi connectivity index (χ1v) is 8.16. The van der Waals surface area contributed by atoms with Crippen molar-refractivity contribution in [2.75, 3.05) is 13.2 Å². The maximum atomic E-state index is 10.1. The van der Waals surface area contributed by atoms with E-state index in [0.717, 1.165) is 18.6 Å². The van der Waals surface area contributed by atoms with Crippen LogP contribution in [0.2, 0.25) is 0 Å². The van der Waals surface area contributed by atoms with E-state index in [1.165, 1.54) is 18.4 Å². The SMILES string of the molecule is CCCC(C)(C)NCC(O)COc1ccccc1C1CC1. The summed E-state index contributed by atoms with van der Waals surface area (Å²) in [5.41, 5.74) is 1.37. The minimum Gasteiger partial charge on any atom is -0.491 e. The smallest absolute Gasteiger partial charge is 0.122 e. The van der Waals surface area contributed by atoms with Crippen LogP contribution >= 0.6 is 0 Å². The van der Waals surface area contributed by atoms with Gasteiger partial charge in [-0.15, -0.1) is 0 Å². The quantitative estimate of drug-likeness (QED) is 0.732. The lowest BCUT2D eigenvalue weighted by Crippen LogP contribution is -2.44. The second-order valence-corrected chi connectivity index (χ2v) is 6.79. The monoisotopic (exact) mass is 291 g/mol. The Morgan fingerprint density at radius 3 is 2.71 bits per heavy atom. The zero-order valence-corrected chi connectivity index (χ0v) is 13.6. The molecule has 1 aromatic carbocycles. The van der Waals surface area contributed by atoms with E-state index < -0.39 is 6.10 Å². The molecule has 1 atom stereocenters. The number of aliphatic hydroxyl groups is 1. The third kappa shape index (κ3) is 5.33. The Morgan fingerprint density at radius 1 is 1.33 bits per heavy atom. The summed E-state index contributed by atoms with van der Waals surface area (Å²) in [4.78, 5) is 0. The standard InChI is InChI=1S/C18H29NO2/c1-4-11-18(2,3)19-12-15(20)13-21-17-8-6-5-7-16(17)14-9-10-14/h5-8,14-15,19-20H,4,9-13H2,1-3H3. The van der Waals surface area contributed by atoms with Gasteiger partial charge < -0.3 is 15.2 Å². The summed E-state index contributed by atoms with van der Waals surface area (Å²) < 4.78 is 5.84. The van der Waals surface area contributed by atoms with E-state index in [-0.39, 0.29) is 5.54 Å². The molecular weight excluding hydrogens is 262 g/mol. The molecule has 0 radical (unpaired) electrons. The van der Waals surface area contributed by atoms with E-state index in [2.05, 4.69) is 38.2 Å². The number of nitrogens with one attached hydrogen (secondary N) is 1. The third-order valence-electron chi connectivity index (χ3n) is 4.06. The van der Waals surface area contributed by atoms with Crippen LogP contribution in [0.3, 0.4) is 0 Å². The van der Waals surface area contributed by atoms with Crippen LogP contribution in [0.4, 0.5) is 0 Å². The lowest BCUT2D eigenvalue weighted by Gasteiger charge is -2.27. The first-order valence-electron chi connectivity index (χ1n) is 8.16. The number of aliphatic hydroxyl groups excluding tert-OH is 1. The second kappa shape index (κ2) is 7.28. The van der Waals surface area contributed by atoms with Gasteiger partial charge in [0.25, 0.3) is 0 Å². The summed E-state index contributed by atoms with van der Waals surface area (Å²) in [6.07, 6.45) is 4.28. The molecule has 2 rings (SSSR count). The highest BCUT2D eigenvalue weighted by molar-refractivity contribution is 5.38. The van der Waals surface area contributed by atoms with Crippen molar-refractivity contribution in [2.45, 2.75) is 64.0 Å². The maximum Gasteiger partial charge on any atom is 0.122 e. The van der Waals surface area contributed by atoms with Crippen molar-refractivity contribution in [2.24, 2.45) is 0 Å². The molecule has 21 heavy (non-hydrogen) atoms. The molecule has 0 amide bonds. The van der Waals surface area contributed by atoms with Crippen molar-refractivity contribution >= 4 is 0 Å². The Kier molecular flexibility index (Phi) is 5.65. The lowest BCUT2D eigenvalue weighted by atomic mass is 9.99. The third-order valence-corrected chi connectivity index (χ3v) is 4.06. The normalized spacial score (nSPS) is 16.8. The van der Waals surface area contributed by atoms with Crippen molar-refractivity contribution in [3.8, 4) is 5.75 Å². The van der Waals surface area contributed by atoms with Crippen LogP contribution in [-0.4, -0.2) is 29.9 Å². The van der Waals surface area contributed by atoms with Gasteiger partial charge in [-0.2, -0.15) is 0 Å². The lowest BCUT2D eigenvalue weighted by molar-refractivity contribution is 0.0976. The van der Waals surface area contributed by atoms with Gasteiger partial charge in [0.1, 0.15) is 18.5 Å². The van der Waals surface area contributed by atoms with E-state index in [9.17, 15) is 5.11 Å². The molecule has 0 aliphatic heterocycles. The Balaban J connectivity index is 1.77. The van der Waals surface area contributed by atoms with Crippen LogP contribution in [-0.2, 0) is 0 Å². The fraction of sp³-hybridized carbons (Fsp3) is 0.667. The highest BCUT2D eigenvalue weighted by Gasteiger charge is 2.26. The summed E-state index contributed by atoms with van der Waals surface area (Å²) in [7, 11) is 0. The Labute approximate surface area is 128 Å². The van der Waals surface area contributed by atoms with Gasteiger partial charge in [-0.25, -0.2) is 0 Å². The molecular formula is C18H29NO2. The van der Waals surface area contributed by atoms with Gasteiger partial charge in [-0.3, -0.25) is 0 Å². The molecule has 1 fully saturated rings. The molecule has 118 valence electrons. The fourth-order valence-electron chi connectivity index (χ4n) is 2.70. The van der Waals surface area contributed by atoms with Crippen LogP contribution in [0.15, 0.2) is 24.3 Å². The zero-order valence-electron chi connectivity index (χ0n) is 13.6. The number of hydrogen-bond donors (Lipinski definition) is 2. The van der Waals surface area contributed by atoms with Crippen LogP contribution in [0, 0.1) is 0 Å². The molecule has 3 nitrogen and oxygen atoms in total. The molecule has 1 aliphatic rings. The average molecular weight is 291 g/mol. The summed E-state index contributed by atoms with van der Waals surface area (Å²) in [5.74, 6) is 1.60. The first kappa shape index (κ1) is 16.3. The largest absolute Gasteiger partial charge is 0.491 e. The molecule has 1 aromatic rings. The van der Waals surface area contributed by atoms with E-state index in [0.29, 0.717) is 19.1 Å². The van der Waals surface area contributed by atoms with Crippen LogP contribution < -0.4 is 10.1 Å². The first-order chi connectivity index (χ1) is 10.0. The summed E-state index contributed by atoms with van der Waals surface area (Å²) in [6.45, 7) is 7.44. The predicted octanol–water partition coefficient (Wildman–Crippen LogP) is 3.47. The molecule has 0 heterocycles. The molecule has 1 saturated carbocycles. The number of benzene rings is 1. The van der Waals surface area contributed by atoms with Gasteiger partial charge in [0.05, 0.1) is 0 Å². The molecule has 1 aliphatic carbocycles. The van der Waals surface area contributed by atoms with E-state index in [1.54, 1.807) is 0 Å². The van der Waals surface area contributed by atoms with Crippen molar-refractivity contribution in [1.29, 1.82) is 0 Å². The number of rotatable bonds is 9. The summed E-state index contributed by atoms with van der Waals surface area (Å²) >= 11 is 0. The van der Waals surface area contributed by atoms with Crippen molar-refractivity contribution in [1.82, 2.24) is 5.32 Å². The Morgan fingerprint density at radius 2 is 2.05 bits per heavy atom. The van der Waals surface area contributed by atoms with Crippen LogP contribution in [0.25, 0.3) is 0 Å². The molecule has 2 N–H and O–H groups in total. The molecule has 0 saturated heterocycles. The van der Waals surface area contributed by atoms with Crippen LogP contribution in [0.1, 0.15) is 57.9 Å². The topological polar surface area (TPSA) is 41.5 Å². The van der Waals surface area contributed by atoms with Gasteiger partial charge >= 0.3 is 0 Å². The summed E-state index contributed by atoms with van der Waals surface area (Å²) in [6, 6.07) is 8.21. The number of β-amino-alcohol motifs (C(OH)–C–C–N with tert-alkyl or cyclic N) is 1. The van der Waals surface area contributed by atoms with Crippen LogP contribution in [0.5, 0.6) is 5.75 Å². The minimum atomic E-state index is -0.478. The van der Waals surface area contributed by atoms with Crippen molar-refractivity contribution in [3.05, 3.63) is 29.8 Å². The summed E-state index contributed by atoms with van der Waals surface area (Å²) in [5, 5.41) is 13.5. The molecule has 0 aromatic heterocycles. The van der Waals surface area contributed by atoms with E-state index in [4.69, 9.17) is 4.74 Å². The highest BCUT2D eigenvalue weighted by Crippen LogP contribution is 2.44. The molecule has 0 spiro atoms. The Bertz CT molecular complexity index is 441. The van der Waals surface area contributed by atoms with Gasteiger partial charge in [0.15, 0.2) is 0 Å². The average Bonchev–Trinajstić information content (AvgIpc) is 3.28. The van der Waals surface area contributed by atoms with Gasteiger partial charge in [-0.05, 0) is 50.7 Å². The van der Waals surface area contributed by atoms with Crippen molar-refractivity contribution in [3.63, 3.8) is 0 Å². The van der Waals surface area contributed by atoms with Gasteiger partial charge in [0.2, 0.25) is 0 Å². The molecule has 3 heteroatoms. The predicted molar refractivity (Wildman–Crippen MR) is 86.9 cm³/mol. The Hall–Kier alpha value is -1.06. The highest BCUT2D eigenvalue weighted by atomic mass is 16.5. The molecule has 0 bridgehead atoms. The second-order valence-electron chi connectivity index (χ2n) is 6.79. The van der Waals surface area contributed by atoms with E-state index >= 15 is 0 Å². The molecule has 1 unspecified atom stereocenters. The number of ether oxygens (including phenoxy) is 1. The van der Waals surface area contributed by atoms with Crippen molar-refractivity contribution < 1.29 is 9.84 Å². The number of hydrogen-bond acceptors (Lipinski definition) is 3. The fourth-order valence-corrected chi connectivity index (χ4v) is 2.70. The zero-order chi connectivity index (χ0) is 15.3. The minimum absolute atomic E-state index is 0.0711.